The van der Waals surface area contributed by atoms with E-state index in [1.54, 1.807) is 0 Å². The predicted molar refractivity (Wildman–Crippen MR) is 70.6 cm³/mol. The molecule has 0 unspecified atom stereocenters. The van der Waals surface area contributed by atoms with Crippen molar-refractivity contribution < 1.29 is 18.3 Å². The van der Waals surface area contributed by atoms with Gasteiger partial charge in [0.25, 0.3) is 0 Å². The fourth-order valence-electron chi connectivity index (χ4n) is 2.82. The standard InChI is InChI=1S/C11H21N3O4S/c1-19(17,18)14-8-6-12(7-9-14)10-2-4-13(5-3-10)11(15)16/h10H,2-9H2,1H3,(H,15,16). The maximum absolute atomic E-state index is 11.4. The SMILES string of the molecule is CS(=O)(=O)N1CCN(C2CCN(C(=O)O)CC2)CC1. The van der Waals surface area contributed by atoms with Crippen LogP contribution >= 0.6 is 0 Å². The Morgan fingerprint density at radius 2 is 1.58 bits per heavy atom. The average molecular weight is 291 g/mol. The molecule has 0 aliphatic carbocycles. The van der Waals surface area contributed by atoms with Crippen molar-refractivity contribution in [1.29, 1.82) is 0 Å². The highest BCUT2D eigenvalue weighted by Crippen LogP contribution is 2.19. The highest BCUT2D eigenvalue weighted by Gasteiger charge is 2.30. The first kappa shape index (κ1) is 14.5. The van der Waals surface area contributed by atoms with E-state index in [1.165, 1.54) is 15.5 Å². The van der Waals surface area contributed by atoms with Crippen molar-refractivity contribution in [1.82, 2.24) is 14.1 Å². The van der Waals surface area contributed by atoms with Gasteiger partial charge in [0.05, 0.1) is 6.26 Å². The van der Waals surface area contributed by atoms with Crippen LogP contribution in [0.25, 0.3) is 0 Å². The van der Waals surface area contributed by atoms with E-state index in [9.17, 15) is 13.2 Å². The number of rotatable bonds is 2. The molecule has 1 N–H and O–H groups in total. The van der Waals surface area contributed by atoms with Crippen LogP contribution < -0.4 is 0 Å². The van der Waals surface area contributed by atoms with E-state index in [4.69, 9.17) is 5.11 Å². The number of nitrogens with zero attached hydrogens (tertiary/aromatic N) is 3. The third-order valence-corrected chi connectivity index (χ3v) is 5.30. The first-order chi connectivity index (χ1) is 8.88. The molecule has 2 rings (SSSR count). The minimum Gasteiger partial charge on any atom is -0.465 e. The van der Waals surface area contributed by atoms with E-state index < -0.39 is 16.1 Å². The van der Waals surface area contributed by atoms with E-state index in [2.05, 4.69) is 4.90 Å². The molecule has 110 valence electrons. The molecule has 0 aromatic heterocycles. The lowest BCUT2D eigenvalue weighted by Crippen LogP contribution is -2.54. The molecule has 2 aliphatic heterocycles. The highest BCUT2D eigenvalue weighted by molar-refractivity contribution is 7.88. The second-order valence-electron chi connectivity index (χ2n) is 5.20. The Kier molecular flexibility index (Phi) is 4.32. The van der Waals surface area contributed by atoms with Gasteiger partial charge in [0.2, 0.25) is 10.0 Å². The molecule has 0 atom stereocenters. The summed E-state index contributed by atoms with van der Waals surface area (Å²) in [6.07, 6.45) is 2.07. The predicted octanol–water partition coefficient (Wildman–Crippen LogP) is -0.294. The summed E-state index contributed by atoms with van der Waals surface area (Å²) in [4.78, 5) is 14.6. The minimum atomic E-state index is -3.08. The number of carbonyl (C=O) groups is 1. The van der Waals surface area contributed by atoms with Crippen molar-refractivity contribution in [2.45, 2.75) is 18.9 Å². The normalized spacial score (nSPS) is 24.6. The lowest BCUT2D eigenvalue weighted by molar-refractivity contribution is 0.0765. The monoisotopic (exact) mass is 291 g/mol. The Bertz CT molecular complexity index is 423. The van der Waals surface area contributed by atoms with E-state index >= 15 is 0 Å². The molecule has 2 heterocycles. The lowest BCUT2D eigenvalue weighted by atomic mass is 10.0. The van der Waals surface area contributed by atoms with Gasteiger partial charge < -0.3 is 10.0 Å². The van der Waals surface area contributed by atoms with Gasteiger partial charge in [-0.2, -0.15) is 4.31 Å². The van der Waals surface area contributed by atoms with Crippen LogP contribution in [0.15, 0.2) is 0 Å². The van der Waals surface area contributed by atoms with Gasteiger partial charge in [0.15, 0.2) is 0 Å². The smallest absolute Gasteiger partial charge is 0.407 e. The van der Waals surface area contributed by atoms with Gasteiger partial charge in [-0.3, -0.25) is 4.90 Å². The molecule has 0 spiro atoms. The lowest BCUT2D eigenvalue weighted by Gasteiger charge is -2.41. The van der Waals surface area contributed by atoms with Crippen molar-refractivity contribution in [2.75, 3.05) is 45.5 Å². The van der Waals surface area contributed by atoms with E-state index in [0.29, 0.717) is 32.2 Å². The van der Waals surface area contributed by atoms with Gasteiger partial charge >= 0.3 is 6.09 Å². The van der Waals surface area contributed by atoms with Crippen LogP contribution in [0, 0.1) is 0 Å². The molecule has 0 bridgehead atoms. The molecule has 0 aromatic rings. The summed E-state index contributed by atoms with van der Waals surface area (Å²) in [5, 5.41) is 8.90. The third-order valence-electron chi connectivity index (χ3n) is 3.99. The number of piperidine rings is 1. The summed E-state index contributed by atoms with van der Waals surface area (Å²) in [7, 11) is -3.08. The highest BCUT2D eigenvalue weighted by atomic mass is 32.2. The Labute approximate surface area is 113 Å². The molecule has 2 saturated heterocycles. The molecule has 0 saturated carbocycles. The van der Waals surface area contributed by atoms with Gasteiger partial charge in [-0.15, -0.1) is 0 Å². The van der Waals surface area contributed by atoms with Crippen molar-refractivity contribution >= 4 is 16.1 Å². The van der Waals surface area contributed by atoms with Gasteiger partial charge in [-0.1, -0.05) is 0 Å². The number of amides is 1. The van der Waals surface area contributed by atoms with Crippen LogP contribution in [-0.4, -0.2) is 85.3 Å². The van der Waals surface area contributed by atoms with Crippen molar-refractivity contribution in [2.24, 2.45) is 0 Å². The first-order valence-corrected chi connectivity index (χ1v) is 8.40. The minimum absolute atomic E-state index is 0.386. The molecular formula is C11H21N3O4S. The number of likely N-dealkylation sites (tertiary alicyclic amines) is 1. The number of hydrogen-bond donors (Lipinski definition) is 1. The molecule has 1 amide bonds. The summed E-state index contributed by atoms with van der Waals surface area (Å²) in [6, 6.07) is 0.386. The topological polar surface area (TPSA) is 81.2 Å². The zero-order valence-electron chi connectivity index (χ0n) is 11.2. The molecule has 7 nitrogen and oxygen atoms in total. The summed E-state index contributed by atoms with van der Waals surface area (Å²) >= 11 is 0. The quantitative estimate of drug-likeness (QED) is 0.756. The molecule has 0 aromatic carbocycles. The van der Waals surface area contributed by atoms with E-state index in [1.807, 2.05) is 0 Å². The Hall–Kier alpha value is -0.860. The Morgan fingerprint density at radius 3 is 2.00 bits per heavy atom. The summed E-state index contributed by atoms with van der Waals surface area (Å²) in [5.41, 5.74) is 0. The van der Waals surface area contributed by atoms with Crippen LogP contribution in [0.4, 0.5) is 4.79 Å². The van der Waals surface area contributed by atoms with Crippen LogP contribution in [0.3, 0.4) is 0 Å². The molecule has 19 heavy (non-hydrogen) atoms. The van der Waals surface area contributed by atoms with E-state index in [0.717, 1.165) is 25.9 Å². The zero-order chi connectivity index (χ0) is 14.0. The van der Waals surface area contributed by atoms with Gasteiger partial charge in [-0.05, 0) is 12.8 Å². The van der Waals surface area contributed by atoms with Crippen LogP contribution in [0.2, 0.25) is 0 Å². The zero-order valence-corrected chi connectivity index (χ0v) is 12.0. The van der Waals surface area contributed by atoms with Gasteiger partial charge in [0.1, 0.15) is 0 Å². The number of carboxylic acid groups (broad SMARTS) is 1. The third kappa shape index (κ3) is 3.58. The molecule has 2 aliphatic rings. The van der Waals surface area contributed by atoms with E-state index in [-0.39, 0.29) is 0 Å². The van der Waals surface area contributed by atoms with Gasteiger partial charge in [-0.25, -0.2) is 13.2 Å². The number of hydrogen-bond acceptors (Lipinski definition) is 4. The number of piperazine rings is 1. The van der Waals surface area contributed by atoms with Crippen molar-refractivity contribution in [3.63, 3.8) is 0 Å². The maximum Gasteiger partial charge on any atom is 0.407 e. The largest absolute Gasteiger partial charge is 0.465 e. The Morgan fingerprint density at radius 1 is 1.05 bits per heavy atom. The Balaban J connectivity index is 1.82. The summed E-state index contributed by atoms with van der Waals surface area (Å²) < 4.78 is 24.4. The van der Waals surface area contributed by atoms with Crippen LogP contribution in [0.1, 0.15) is 12.8 Å². The second kappa shape index (κ2) is 5.64. The molecular weight excluding hydrogens is 270 g/mol. The molecule has 8 heteroatoms. The number of sulfonamides is 1. The fraction of sp³-hybridized carbons (Fsp3) is 0.909. The summed E-state index contributed by atoms with van der Waals surface area (Å²) in [5.74, 6) is 0. The fourth-order valence-corrected chi connectivity index (χ4v) is 3.65. The van der Waals surface area contributed by atoms with Crippen LogP contribution in [0.5, 0.6) is 0 Å². The average Bonchev–Trinajstić information content (AvgIpc) is 2.38. The van der Waals surface area contributed by atoms with Gasteiger partial charge in [0, 0.05) is 45.3 Å². The van der Waals surface area contributed by atoms with Crippen molar-refractivity contribution in [3.8, 4) is 0 Å². The molecule has 2 fully saturated rings. The summed E-state index contributed by atoms with van der Waals surface area (Å²) in [6.45, 7) is 3.71. The maximum atomic E-state index is 11.4. The second-order valence-corrected chi connectivity index (χ2v) is 7.18. The van der Waals surface area contributed by atoms with Crippen LogP contribution in [-0.2, 0) is 10.0 Å². The molecule has 0 radical (unpaired) electrons. The first-order valence-electron chi connectivity index (χ1n) is 6.55. The van der Waals surface area contributed by atoms with Crippen molar-refractivity contribution in [3.05, 3.63) is 0 Å².